The minimum Gasteiger partial charge on any atom is -0.324 e. The van der Waals surface area contributed by atoms with Crippen LogP contribution in [0.3, 0.4) is 0 Å². The molecule has 1 amide bonds. The third kappa shape index (κ3) is 2.94. The fraction of sp³-hybridized carbons (Fsp3) is 0.0769. The van der Waals surface area contributed by atoms with Gasteiger partial charge >= 0.3 is 0 Å². The summed E-state index contributed by atoms with van der Waals surface area (Å²) in [7, 11) is 0. The molecule has 2 rings (SSSR count). The fourth-order valence-corrected chi connectivity index (χ4v) is 1.81. The van der Waals surface area contributed by atoms with Crippen molar-refractivity contribution in [3.8, 4) is 12.1 Å². The van der Waals surface area contributed by atoms with Crippen LogP contribution < -0.4 is 5.32 Å². The molecule has 6 nitrogen and oxygen atoms in total. The lowest BCUT2D eigenvalue weighted by atomic mass is 10.3. The fourth-order valence-electron chi connectivity index (χ4n) is 1.62. The number of aromatic nitrogens is 2. The zero-order chi connectivity index (χ0) is 14.5. The Morgan fingerprint density at radius 2 is 2.20 bits per heavy atom. The molecule has 0 radical (unpaired) electrons. The molecular weight excluding hydrogens is 278 g/mol. The summed E-state index contributed by atoms with van der Waals surface area (Å²) in [5, 5.41) is 20.9. The minimum absolute atomic E-state index is 0.00283. The van der Waals surface area contributed by atoms with E-state index in [9.17, 15) is 4.79 Å². The standard InChI is InChI=1S/C13H8ClN5O/c14-9-2-1-3-10(4-9)18-13(20)7-19-8-17-11(5-15)12(19)6-16/h1-4,8H,7H2,(H,18,20). The lowest BCUT2D eigenvalue weighted by Gasteiger charge is -2.06. The van der Waals surface area contributed by atoms with Crippen molar-refractivity contribution in [1.82, 2.24) is 9.55 Å². The maximum absolute atomic E-state index is 11.9. The molecule has 1 aromatic heterocycles. The smallest absolute Gasteiger partial charge is 0.244 e. The van der Waals surface area contributed by atoms with E-state index in [2.05, 4.69) is 10.3 Å². The van der Waals surface area contributed by atoms with Crippen molar-refractivity contribution in [1.29, 1.82) is 10.5 Å². The summed E-state index contributed by atoms with van der Waals surface area (Å²) in [6.45, 7) is -0.107. The van der Waals surface area contributed by atoms with Crippen molar-refractivity contribution in [3.63, 3.8) is 0 Å². The first-order valence-corrected chi connectivity index (χ1v) is 5.92. The number of hydrogen-bond donors (Lipinski definition) is 1. The maximum atomic E-state index is 11.9. The third-order valence-corrected chi connectivity index (χ3v) is 2.71. The number of carbonyl (C=O) groups is 1. The predicted molar refractivity (Wildman–Crippen MR) is 71.7 cm³/mol. The van der Waals surface area contributed by atoms with E-state index in [-0.39, 0.29) is 23.8 Å². The van der Waals surface area contributed by atoms with Gasteiger partial charge in [-0.05, 0) is 18.2 Å². The van der Waals surface area contributed by atoms with Crippen LogP contribution >= 0.6 is 11.6 Å². The average Bonchev–Trinajstić information content (AvgIpc) is 2.80. The number of carbonyl (C=O) groups excluding carboxylic acids is 1. The number of amides is 1. The van der Waals surface area contributed by atoms with Gasteiger partial charge < -0.3 is 9.88 Å². The van der Waals surface area contributed by atoms with Gasteiger partial charge in [0, 0.05) is 10.7 Å². The molecule has 0 atom stereocenters. The van der Waals surface area contributed by atoms with Gasteiger partial charge in [0.1, 0.15) is 18.7 Å². The van der Waals surface area contributed by atoms with E-state index in [0.717, 1.165) is 0 Å². The molecule has 0 aliphatic carbocycles. The van der Waals surface area contributed by atoms with Gasteiger partial charge in [-0.25, -0.2) is 4.98 Å². The summed E-state index contributed by atoms with van der Waals surface area (Å²) in [5.41, 5.74) is 0.624. The highest BCUT2D eigenvalue weighted by Gasteiger charge is 2.12. The molecule has 1 N–H and O–H groups in total. The van der Waals surface area contributed by atoms with Gasteiger partial charge in [0.2, 0.25) is 5.91 Å². The number of benzene rings is 1. The molecule has 0 aliphatic heterocycles. The molecule has 1 heterocycles. The highest BCUT2D eigenvalue weighted by molar-refractivity contribution is 6.30. The van der Waals surface area contributed by atoms with Crippen LogP contribution in [0.15, 0.2) is 30.6 Å². The largest absolute Gasteiger partial charge is 0.324 e. The molecule has 0 spiro atoms. The van der Waals surface area contributed by atoms with Crippen LogP contribution in [-0.2, 0) is 11.3 Å². The summed E-state index contributed by atoms with van der Waals surface area (Å²) in [4.78, 5) is 15.6. The predicted octanol–water partition coefficient (Wildman–Crippen LogP) is 1.92. The SMILES string of the molecule is N#Cc1ncn(CC(=O)Nc2cccc(Cl)c2)c1C#N. The summed E-state index contributed by atoms with van der Waals surface area (Å²) in [6, 6.07) is 10.4. The summed E-state index contributed by atoms with van der Waals surface area (Å²) < 4.78 is 1.32. The van der Waals surface area contributed by atoms with Crippen molar-refractivity contribution in [2.75, 3.05) is 5.32 Å². The van der Waals surface area contributed by atoms with Crippen LogP contribution in [0.5, 0.6) is 0 Å². The molecular formula is C13H8ClN5O. The molecule has 98 valence electrons. The van der Waals surface area contributed by atoms with E-state index >= 15 is 0 Å². The van der Waals surface area contributed by atoms with E-state index in [1.807, 2.05) is 6.07 Å². The van der Waals surface area contributed by atoms with E-state index in [0.29, 0.717) is 10.7 Å². The Bertz CT molecular complexity index is 738. The average molecular weight is 286 g/mol. The zero-order valence-corrected chi connectivity index (χ0v) is 10.9. The molecule has 0 bridgehead atoms. The molecule has 0 saturated carbocycles. The molecule has 0 fully saturated rings. The summed E-state index contributed by atoms with van der Waals surface area (Å²) >= 11 is 5.81. The van der Waals surface area contributed by atoms with E-state index < -0.39 is 0 Å². The van der Waals surface area contributed by atoms with Gasteiger partial charge in [0.05, 0.1) is 6.33 Å². The monoisotopic (exact) mass is 285 g/mol. The normalized spacial score (nSPS) is 9.55. The Morgan fingerprint density at radius 3 is 2.85 bits per heavy atom. The number of nitriles is 2. The van der Waals surface area contributed by atoms with E-state index in [4.69, 9.17) is 22.1 Å². The number of halogens is 1. The topological polar surface area (TPSA) is 94.5 Å². The third-order valence-electron chi connectivity index (χ3n) is 2.47. The van der Waals surface area contributed by atoms with E-state index in [1.165, 1.54) is 10.9 Å². The number of hydrogen-bond acceptors (Lipinski definition) is 4. The minimum atomic E-state index is -0.342. The molecule has 0 saturated heterocycles. The van der Waals surface area contributed by atoms with Crippen LogP contribution in [0.25, 0.3) is 0 Å². The van der Waals surface area contributed by atoms with Crippen molar-refractivity contribution in [3.05, 3.63) is 47.0 Å². The molecule has 0 unspecified atom stereocenters. The highest BCUT2D eigenvalue weighted by atomic mass is 35.5. The van der Waals surface area contributed by atoms with Crippen LogP contribution in [0.4, 0.5) is 5.69 Å². The molecule has 7 heteroatoms. The quantitative estimate of drug-likeness (QED) is 0.932. The second kappa shape index (κ2) is 5.87. The van der Waals surface area contributed by atoms with Crippen molar-refractivity contribution >= 4 is 23.2 Å². The first kappa shape index (κ1) is 13.6. The van der Waals surface area contributed by atoms with E-state index in [1.54, 1.807) is 30.3 Å². The van der Waals surface area contributed by atoms with Crippen LogP contribution in [0.2, 0.25) is 5.02 Å². The number of nitrogens with one attached hydrogen (secondary N) is 1. The van der Waals surface area contributed by atoms with Gasteiger partial charge in [0.15, 0.2) is 11.4 Å². The lowest BCUT2D eigenvalue weighted by Crippen LogP contribution is -2.19. The summed E-state index contributed by atoms with van der Waals surface area (Å²) in [5.74, 6) is -0.342. The first-order valence-electron chi connectivity index (χ1n) is 5.55. The van der Waals surface area contributed by atoms with Gasteiger partial charge in [-0.15, -0.1) is 0 Å². The Labute approximate surface area is 119 Å². The first-order chi connectivity index (χ1) is 9.63. The number of anilines is 1. The number of imidazole rings is 1. The second-order valence-electron chi connectivity index (χ2n) is 3.85. The second-order valence-corrected chi connectivity index (χ2v) is 4.29. The van der Waals surface area contributed by atoms with Gasteiger partial charge in [-0.2, -0.15) is 10.5 Å². The Hall–Kier alpha value is -2.83. The number of rotatable bonds is 3. The van der Waals surface area contributed by atoms with Gasteiger partial charge in [-0.3, -0.25) is 4.79 Å². The van der Waals surface area contributed by atoms with Crippen LogP contribution in [0, 0.1) is 22.7 Å². The van der Waals surface area contributed by atoms with Crippen LogP contribution in [-0.4, -0.2) is 15.5 Å². The van der Waals surface area contributed by atoms with Crippen molar-refractivity contribution in [2.45, 2.75) is 6.54 Å². The lowest BCUT2D eigenvalue weighted by molar-refractivity contribution is -0.116. The van der Waals surface area contributed by atoms with Gasteiger partial charge in [-0.1, -0.05) is 17.7 Å². The molecule has 20 heavy (non-hydrogen) atoms. The van der Waals surface area contributed by atoms with Crippen molar-refractivity contribution < 1.29 is 4.79 Å². The Kier molecular flexibility index (Phi) is 3.99. The molecule has 2 aromatic rings. The zero-order valence-electron chi connectivity index (χ0n) is 10.2. The highest BCUT2D eigenvalue weighted by Crippen LogP contribution is 2.15. The molecule has 0 aliphatic rings. The Balaban J connectivity index is 2.11. The Morgan fingerprint density at radius 1 is 1.40 bits per heavy atom. The summed E-state index contributed by atoms with van der Waals surface area (Å²) in [6.07, 6.45) is 1.29. The van der Waals surface area contributed by atoms with Crippen LogP contribution in [0.1, 0.15) is 11.4 Å². The number of nitrogens with zero attached hydrogens (tertiary/aromatic N) is 4. The van der Waals surface area contributed by atoms with Gasteiger partial charge in [0.25, 0.3) is 0 Å². The maximum Gasteiger partial charge on any atom is 0.244 e. The van der Waals surface area contributed by atoms with Crippen molar-refractivity contribution in [2.24, 2.45) is 0 Å². The molecule has 1 aromatic carbocycles.